The zero-order chi connectivity index (χ0) is 20.5. The highest BCUT2D eigenvalue weighted by molar-refractivity contribution is 7.13. The monoisotopic (exact) mass is 420 g/mol. The van der Waals surface area contributed by atoms with E-state index in [4.69, 9.17) is 9.47 Å². The molecule has 3 heterocycles. The van der Waals surface area contributed by atoms with Gasteiger partial charge in [0, 0.05) is 40.8 Å². The number of thiophene rings is 1. The van der Waals surface area contributed by atoms with E-state index in [9.17, 15) is 9.59 Å². The summed E-state index contributed by atoms with van der Waals surface area (Å²) in [5.41, 5.74) is 2.46. The van der Waals surface area contributed by atoms with E-state index in [1.165, 1.54) is 0 Å². The van der Waals surface area contributed by atoms with Crippen molar-refractivity contribution in [3.63, 3.8) is 0 Å². The topological polar surface area (TPSA) is 67.9 Å². The number of nitrogens with zero attached hydrogens (tertiary/aromatic N) is 1. The Balaban J connectivity index is 1.32. The van der Waals surface area contributed by atoms with Crippen LogP contribution in [-0.4, -0.2) is 31.6 Å². The van der Waals surface area contributed by atoms with Gasteiger partial charge < -0.3 is 19.7 Å². The Morgan fingerprint density at radius 2 is 1.87 bits per heavy atom. The summed E-state index contributed by atoms with van der Waals surface area (Å²) in [5, 5.41) is 5.04. The van der Waals surface area contributed by atoms with Gasteiger partial charge in [-0.15, -0.1) is 11.3 Å². The summed E-state index contributed by atoms with van der Waals surface area (Å²) in [6.07, 6.45) is 0.182. The lowest BCUT2D eigenvalue weighted by atomic mass is 10.1. The molecular formula is C23H20N2O4S. The first-order valence-electron chi connectivity index (χ1n) is 9.83. The fraction of sp³-hybridized carbons (Fsp3) is 0.217. The molecular weight excluding hydrogens is 400 g/mol. The molecule has 6 nitrogen and oxygen atoms in total. The highest BCUT2D eigenvalue weighted by atomic mass is 32.1. The summed E-state index contributed by atoms with van der Waals surface area (Å²) < 4.78 is 11.2. The summed E-state index contributed by atoms with van der Waals surface area (Å²) in [6.45, 7) is 1.34. The number of ether oxygens (including phenoxy) is 2. The Morgan fingerprint density at radius 1 is 1.03 bits per heavy atom. The van der Waals surface area contributed by atoms with Crippen LogP contribution in [0, 0.1) is 5.92 Å². The van der Waals surface area contributed by atoms with Gasteiger partial charge in [-0.3, -0.25) is 9.59 Å². The Morgan fingerprint density at radius 3 is 2.70 bits per heavy atom. The normalized spacial score (nSPS) is 17.8. The molecule has 0 saturated carbocycles. The Labute approximate surface area is 178 Å². The molecule has 0 radical (unpaired) electrons. The van der Waals surface area contributed by atoms with Gasteiger partial charge in [0.2, 0.25) is 11.8 Å². The van der Waals surface area contributed by atoms with Gasteiger partial charge in [0.25, 0.3) is 0 Å². The summed E-state index contributed by atoms with van der Waals surface area (Å²) in [4.78, 5) is 28.3. The van der Waals surface area contributed by atoms with Gasteiger partial charge in [0.1, 0.15) is 13.2 Å². The summed E-state index contributed by atoms with van der Waals surface area (Å²) in [6, 6.07) is 17.2. The number of carbonyl (C=O) groups excluding carboxylic acids is 2. The lowest BCUT2D eigenvalue weighted by Crippen LogP contribution is -2.28. The van der Waals surface area contributed by atoms with Crippen LogP contribution in [0.15, 0.2) is 60.0 Å². The molecule has 1 aromatic heterocycles. The minimum atomic E-state index is -0.415. The maximum atomic E-state index is 13.0. The first-order chi connectivity index (χ1) is 14.7. The van der Waals surface area contributed by atoms with Gasteiger partial charge in [-0.05, 0) is 29.6 Å². The van der Waals surface area contributed by atoms with E-state index in [1.807, 2.05) is 53.9 Å². The van der Waals surface area contributed by atoms with Crippen molar-refractivity contribution >= 4 is 34.5 Å². The number of rotatable bonds is 4. The van der Waals surface area contributed by atoms with Gasteiger partial charge in [-0.25, -0.2) is 0 Å². The minimum Gasteiger partial charge on any atom is -0.486 e. The number of hydrogen-bond donors (Lipinski definition) is 1. The number of benzene rings is 2. The standard InChI is InChI=1S/C23H20N2O4S/c26-22-12-15(14-25(22)16-7-8-19-20(13-16)29-10-9-28-19)23(27)24-18-5-2-1-4-17(18)21-6-3-11-30-21/h1-8,11,13,15H,9-10,12,14H2,(H,24,27). The molecule has 3 aromatic rings. The van der Waals surface area contributed by atoms with Crippen molar-refractivity contribution in [1.82, 2.24) is 0 Å². The van der Waals surface area contributed by atoms with Crippen LogP contribution in [-0.2, 0) is 9.59 Å². The van der Waals surface area contributed by atoms with Crippen LogP contribution in [0.5, 0.6) is 11.5 Å². The van der Waals surface area contributed by atoms with Crippen molar-refractivity contribution in [2.75, 3.05) is 30.0 Å². The van der Waals surface area contributed by atoms with Crippen molar-refractivity contribution in [1.29, 1.82) is 0 Å². The SMILES string of the molecule is O=C(Nc1ccccc1-c1cccs1)C1CC(=O)N(c2ccc3c(c2)OCCO3)C1. The van der Waals surface area contributed by atoms with E-state index >= 15 is 0 Å². The fourth-order valence-corrected chi connectivity index (χ4v) is 4.57. The zero-order valence-electron chi connectivity index (χ0n) is 16.2. The first-order valence-corrected chi connectivity index (χ1v) is 10.7. The van der Waals surface area contributed by atoms with E-state index in [0.717, 1.165) is 21.8 Å². The lowest BCUT2D eigenvalue weighted by Gasteiger charge is -2.22. The molecule has 2 aliphatic heterocycles. The van der Waals surface area contributed by atoms with Gasteiger partial charge in [0.15, 0.2) is 11.5 Å². The van der Waals surface area contributed by atoms with Crippen LogP contribution in [0.3, 0.4) is 0 Å². The fourth-order valence-electron chi connectivity index (χ4n) is 3.81. The van der Waals surface area contributed by atoms with E-state index < -0.39 is 5.92 Å². The second-order valence-corrected chi connectivity index (χ2v) is 8.19. The first kappa shape index (κ1) is 18.7. The number of nitrogens with one attached hydrogen (secondary N) is 1. The number of carbonyl (C=O) groups is 2. The average molecular weight is 420 g/mol. The minimum absolute atomic E-state index is 0.0710. The van der Waals surface area contributed by atoms with Gasteiger partial charge in [0.05, 0.1) is 5.92 Å². The van der Waals surface area contributed by atoms with Crippen molar-refractivity contribution in [3.8, 4) is 21.9 Å². The lowest BCUT2D eigenvalue weighted by molar-refractivity contribution is -0.122. The Bertz CT molecular complexity index is 1100. The number of hydrogen-bond acceptors (Lipinski definition) is 5. The third-order valence-electron chi connectivity index (χ3n) is 5.30. The van der Waals surface area contributed by atoms with Crippen LogP contribution < -0.4 is 19.7 Å². The predicted octanol–water partition coefficient (Wildman–Crippen LogP) is 4.18. The third kappa shape index (κ3) is 3.52. The summed E-state index contributed by atoms with van der Waals surface area (Å²) >= 11 is 1.62. The quantitative estimate of drug-likeness (QED) is 0.688. The molecule has 2 aliphatic rings. The van der Waals surface area contributed by atoms with E-state index in [1.54, 1.807) is 22.3 Å². The highest BCUT2D eigenvalue weighted by Gasteiger charge is 2.36. The van der Waals surface area contributed by atoms with Gasteiger partial charge in [-0.1, -0.05) is 24.3 Å². The molecule has 1 unspecified atom stereocenters. The second-order valence-electron chi connectivity index (χ2n) is 7.25. The smallest absolute Gasteiger partial charge is 0.229 e. The van der Waals surface area contributed by atoms with Crippen molar-refractivity contribution in [3.05, 3.63) is 60.0 Å². The molecule has 30 heavy (non-hydrogen) atoms. The maximum Gasteiger partial charge on any atom is 0.229 e. The van der Waals surface area contributed by atoms with Crippen LogP contribution in [0.4, 0.5) is 11.4 Å². The number of amides is 2. The van der Waals surface area contributed by atoms with Crippen LogP contribution >= 0.6 is 11.3 Å². The predicted molar refractivity (Wildman–Crippen MR) is 116 cm³/mol. The number of fused-ring (bicyclic) bond motifs is 1. The molecule has 0 bridgehead atoms. The van der Waals surface area contributed by atoms with Crippen LogP contribution in [0.1, 0.15) is 6.42 Å². The molecule has 152 valence electrons. The summed E-state index contributed by atoms with van der Waals surface area (Å²) in [5.74, 6) is 0.674. The zero-order valence-corrected chi connectivity index (χ0v) is 17.0. The van der Waals surface area contributed by atoms with Gasteiger partial charge >= 0.3 is 0 Å². The molecule has 5 rings (SSSR count). The van der Waals surface area contributed by atoms with Crippen molar-refractivity contribution in [2.24, 2.45) is 5.92 Å². The van der Waals surface area contributed by atoms with Crippen molar-refractivity contribution in [2.45, 2.75) is 6.42 Å². The largest absolute Gasteiger partial charge is 0.486 e. The molecule has 0 aliphatic carbocycles. The Kier molecular flexibility index (Phi) is 4.88. The van der Waals surface area contributed by atoms with Crippen LogP contribution in [0.2, 0.25) is 0 Å². The van der Waals surface area contributed by atoms with Crippen LogP contribution in [0.25, 0.3) is 10.4 Å². The van der Waals surface area contributed by atoms with Crippen molar-refractivity contribution < 1.29 is 19.1 Å². The molecule has 7 heteroatoms. The average Bonchev–Trinajstić information content (AvgIpc) is 3.44. The molecule has 2 aromatic carbocycles. The number of anilines is 2. The second kappa shape index (κ2) is 7.84. The molecule has 1 saturated heterocycles. The number of para-hydroxylation sites is 1. The molecule has 1 atom stereocenters. The molecule has 1 fully saturated rings. The summed E-state index contributed by atoms with van der Waals surface area (Å²) in [7, 11) is 0. The molecule has 1 N–H and O–H groups in total. The molecule has 2 amide bonds. The van der Waals surface area contributed by atoms with E-state index in [2.05, 4.69) is 5.32 Å². The van der Waals surface area contributed by atoms with E-state index in [-0.39, 0.29) is 18.2 Å². The Hall–Kier alpha value is -3.32. The highest BCUT2D eigenvalue weighted by Crippen LogP contribution is 2.36. The van der Waals surface area contributed by atoms with Gasteiger partial charge in [-0.2, -0.15) is 0 Å². The van der Waals surface area contributed by atoms with E-state index in [0.29, 0.717) is 31.3 Å². The third-order valence-corrected chi connectivity index (χ3v) is 6.21. The maximum absolute atomic E-state index is 13.0. The molecule has 0 spiro atoms.